The molecule has 2 atom stereocenters. The van der Waals surface area contributed by atoms with E-state index in [4.69, 9.17) is 4.74 Å². The van der Waals surface area contributed by atoms with Crippen LogP contribution in [0, 0.1) is 0 Å². The van der Waals surface area contributed by atoms with E-state index in [-0.39, 0.29) is 42.9 Å². The third kappa shape index (κ3) is 4.62. The fourth-order valence-electron chi connectivity index (χ4n) is 5.54. The lowest BCUT2D eigenvalue weighted by Crippen LogP contribution is -2.52. The van der Waals surface area contributed by atoms with Gasteiger partial charge in [-0.3, -0.25) is 9.59 Å². The van der Waals surface area contributed by atoms with E-state index in [1.807, 2.05) is 41.8 Å². The Balaban J connectivity index is 1.05. The molecule has 0 aliphatic carbocycles. The molecule has 3 aliphatic rings. The fourth-order valence-corrected chi connectivity index (χ4v) is 9.71. The number of hydrogen-bond donors (Lipinski definition) is 0. The minimum absolute atomic E-state index is 0.0783. The highest BCUT2D eigenvalue weighted by Crippen LogP contribution is 2.55. The van der Waals surface area contributed by atoms with Crippen LogP contribution in [0.2, 0.25) is 0 Å². The Hall–Kier alpha value is -2.93. The van der Waals surface area contributed by atoms with E-state index in [1.54, 1.807) is 46.2 Å². The van der Waals surface area contributed by atoms with Crippen LogP contribution in [0.4, 0.5) is 0 Å². The maximum Gasteiger partial charge on any atom is 0.330 e. The lowest BCUT2D eigenvalue weighted by molar-refractivity contribution is -0.158. The quantitative estimate of drug-likeness (QED) is 0.410. The van der Waals surface area contributed by atoms with Crippen LogP contribution in [0.25, 0.3) is 10.8 Å². The average Bonchev–Trinajstić information content (AvgIpc) is 3.70. The summed E-state index contributed by atoms with van der Waals surface area (Å²) in [6, 6.07) is 15.8. The maximum atomic E-state index is 13.2. The molecule has 3 aromatic rings. The van der Waals surface area contributed by atoms with Gasteiger partial charge in [0, 0.05) is 43.2 Å². The number of sulfonamides is 1. The molecule has 0 radical (unpaired) electrons. The van der Waals surface area contributed by atoms with Crippen molar-refractivity contribution in [3.8, 4) is 0 Å². The molecule has 3 fully saturated rings. The lowest BCUT2D eigenvalue weighted by Gasteiger charge is -2.34. The molecule has 3 aliphatic heterocycles. The van der Waals surface area contributed by atoms with Crippen LogP contribution < -0.4 is 0 Å². The molecule has 2 aromatic carbocycles. The molecule has 0 unspecified atom stereocenters. The Morgan fingerprint density at radius 2 is 1.77 bits per heavy atom. The van der Waals surface area contributed by atoms with Gasteiger partial charge in [0.25, 0.3) is 5.91 Å². The molecule has 0 spiro atoms. The number of esters is 1. The van der Waals surface area contributed by atoms with Gasteiger partial charge in [-0.1, -0.05) is 36.4 Å². The predicted octanol–water partition coefficient (Wildman–Crippen LogP) is 2.87. The van der Waals surface area contributed by atoms with Crippen molar-refractivity contribution >= 4 is 61.7 Å². The molecule has 39 heavy (non-hydrogen) atoms. The predicted molar refractivity (Wildman–Crippen MR) is 149 cm³/mol. The van der Waals surface area contributed by atoms with Crippen molar-refractivity contribution in [2.45, 2.75) is 28.6 Å². The second kappa shape index (κ2) is 10.2. The zero-order valence-electron chi connectivity index (χ0n) is 21.0. The van der Waals surface area contributed by atoms with Gasteiger partial charge in [0.15, 0.2) is 6.61 Å². The second-order valence-electron chi connectivity index (χ2n) is 9.75. The van der Waals surface area contributed by atoms with Gasteiger partial charge >= 0.3 is 5.97 Å². The van der Waals surface area contributed by atoms with Crippen LogP contribution in [0.15, 0.2) is 64.9 Å². The first-order chi connectivity index (χ1) is 18.8. The molecule has 0 bridgehead atoms. The summed E-state index contributed by atoms with van der Waals surface area (Å²) in [7, 11) is -3.71. The van der Waals surface area contributed by atoms with Gasteiger partial charge in [-0.05, 0) is 40.8 Å². The van der Waals surface area contributed by atoms with Gasteiger partial charge in [0.1, 0.15) is 10.9 Å². The summed E-state index contributed by atoms with van der Waals surface area (Å²) >= 11 is 3.15. The average molecular weight is 586 g/mol. The summed E-state index contributed by atoms with van der Waals surface area (Å²) in [5, 5.41) is 3.77. The van der Waals surface area contributed by atoms with E-state index < -0.39 is 33.5 Å². The van der Waals surface area contributed by atoms with E-state index in [0.29, 0.717) is 18.6 Å². The Morgan fingerprint density at radius 3 is 2.51 bits per heavy atom. The summed E-state index contributed by atoms with van der Waals surface area (Å²) in [5.74, 6) is -0.622. The van der Waals surface area contributed by atoms with Crippen LogP contribution in [0.5, 0.6) is 0 Å². The van der Waals surface area contributed by atoms with Crippen LogP contribution in [-0.2, 0) is 34.0 Å². The molecular weight excluding hydrogens is 559 g/mol. The van der Waals surface area contributed by atoms with E-state index >= 15 is 0 Å². The highest BCUT2D eigenvalue weighted by Gasteiger charge is 2.57. The SMILES string of the molecule is O=C(OCC(=O)N1CCN(S(=O)(=O)c2ccc3ccccc3c2)CC1)[C@@H]1CS[C@@]2(c3cccs3)CCC(=O)N12. The number of piperazine rings is 1. The standard InChI is InChI=1S/C27H27N3O6S3/c31-24-9-10-27(23-6-3-15-37-23)30(24)22(18-38-27)26(33)36-17-25(32)28-11-13-29(14-12-28)39(34,35)21-8-7-19-4-1-2-5-20(19)16-21/h1-8,15-16,22H,9-14,17-18H2/t22-,27+/m0/s1. The number of rotatable bonds is 6. The molecular formula is C27H27N3O6S3. The summed E-state index contributed by atoms with van der Waals surface area (Å²) in [6.07, 6.45) is 1.02. The van der Waals surface area contributed by atoms with Gasteiger partial charge in [0.05, 0.1) is 4.90 Å². The van der Waals surface area contributed by atoms with Crippen molar-refractivity contribution in [1.29, 1.82) is 0 Å². The van der Waals surface area contributed by atoms with Crippen LogP contribution >= 0.6 is 23.1 Å². The van der Waals surface area contributed by atoms with Crippen molar-refractivity contribution in [3.05, 3.63) is 64.9 Å². The number of ether oxygens (including phenoxy) is 1. The first kappa shape index (κ1) is 26.3. The first-order valence-corrected chi connectivity index (χ1v) is 16.0. The summed E-state index contributed by atoms with van der Waals surface area (Å²) < 4.78 is 33.2. The summed E-state index contributed by atoms with van der Waals surface area (Å²) in [4.78, 5) is 42.4. The Labute approximate surface area is 234 Å². The lowest BCUT2D eigenvalue weighted by atomic mass is 10.1. The largest absolute Gasteiger partial charge is 0.454 e. The molecule has 6 rings (SSSR count). The fraction of sp³-hybridized carbons (Fsp3) is 0.370. The second-order valence-corrected chi connectivity index (χ2v) is 13.9. The Bertz CT molecular complexity index is 1540. The van der Waals surface area contributed by atoms with E-state index in [1.165, 1.54) is 9.21 Å². The van der Waals surface area contributed by atoms with Gasteiger partial charge in [0.2, 0.25) is 15.9 Å². The number of fused-ring (bicyclic) bond motifs is 2. The third-order valence-electron chi connectivity index (χ3n) is 7.59. The van der Waals surface area contributed by atoms with Gasteiger partial charge < -0.3 is 14.5 Å². The Kier molecular flexibility index (Phi) is 6.90. The number of amides is 2. The molecule has 0 saturated carbocycles. The molecule has 3 saturated heterocycles. The number of nitrogens with zero attached hydrogens (tertiary/aromatic N) is 3. The molecule has 4 heterocycles. The maximum absolute atomic E-state index is 13.2. The van der Waals surface area contributed by atoms with Gasteiger partial charge in [-0.2, -0.15) is 4.31 Å². The zero-order chi connectivity index (χ0) is 27.2. The van der Waals surface area contributed by atoms with Crippen molar-refractivity contribution < 1.29 is 27.5 Å². The van der Waals surface area contributed by atoms with Crippen LogP contribution in [0.3, 0.4) is 0 Å². The molecule has 9 nitrogen and oxygen atoms in total. The first-order valence-electron chi connectivity index (χ1n) is 12.7. The van der Waals surface area contributed by atoms with E-state index in [9.17, 15) is 22.8 Å². The van der Waals surface area contributed by atoms with Gasteiger partial charge in [-0.15, -0.1) is 23.1 Å². The number of carbonyl (C=O) groups excluding carboxylic acids is 3. The van der Waals surface area contributed by atoms with E-state index in [2.05, 4.69) is 0 Å². The minimum atomic E-state index is -3.71. The summed E-state index contributed by atoms with van der Waals surface area (Å²) in [5.41, 5.74) is 0. The molecule has 0 N–H and O–H groups in total. The molecule has 12 heteroatoms. The number of carbonyl (C=O) groups is 3. The number of thiophene rings is 1. The van der Waals surface area contributed by atoms with Crippen molar-refractivity contribution in [3.63, 3.8) is 0 Å². The molecule has 1 aromatic heterocycles. The summed E-state index contributed by atoms with van der Waals surface area (Å²) in [6.45, 7) is 0.272. The van der Waals surface area contributed by atoms with Crippen molar-refractivity contribution in [2.75, 3.05) is 38.5 Å². The molecule has 2 amide bonds. The van der Waals surface area contributed by atoms with Crippen molar-refractivity contribution in [2.24, 2.45) is 0 Å². The minimum Gasteiger partial charge on any atom is -0.454 e. The van der Waals surface area contributed by atoms with E-state index in [0.717, 1.165) is 15.6 Å². The van der Waals surface area contributed by atoms with Gasteiger partial charge in [-0.25, -0.2) is 13.2 Å². The highest BCUT2D eigenvalue weighted by molar-refractivity contribution is 8.00. The van der Waals surface area contributed by atoms with Crippen LogP contribution in [-0.4, -0.2) is 84.9 Å². The Morgan fingerprint density at radius 1 is 1.00 bits per heavy atom. The zero-order valence-corrected chi connectivity index (χ0v) is 23.5. The van der Waals surface area contributed by atoms with Crippen LogP contribution in [0.1, 0.15) is 17.7 Å². The monoisotopic (exact) mass is 585 g/mol. The smallest absolute Gasteiger partial charge is 0.330 e. The third-order valence-corrected chi connectivity index (χ3v) is 12.2. The topological polar surface area (TPSA) is 104 Å². The number of thioether (sulfide) groups is 1. The highest BCUT2D eigenvalue weighted by atomic mass is 32.2. The number of hydrogen-bond acceptors (Lipinski definition) is 8. The number of benzene rings is 2. The normalized spacial score (nSPS) is 23.8. The van der Waals surface area contributed by atoms with Crippen molar-refractivity contribution in [1.82, 2.24) is 14.1 Å². The molecule has 204 valence electrons.